The van der Waals surface area contributed by atoms with Crippen LogP contribution in [0.3, 0.4) is 0 Å². The maximum absolute atomic E-state index is 11.8. The first-order valence-electron chi connectivity index (χ1n) is 6.84. The predicted molar refractivity (Wildman–Crippen MR) is 81.0 cm³/mol. The third-order valence-corrected chi connectivity index (χ3v) is 2.82. The highest BCUT2D eigenvalue weighted by Crippen LogP contribution is 2.14. The van der Waals surface area contributed by atoms with Crippen LogP contribution in [0.5, 0.6) is 0 Å². The van der Waals surface area contributed by atoms with Gasteiger partial charge < -0.3 is 19.7 Å². The van der Waals surface area contributed by atoms with Crippen LogP contribution in [-0.2, 0) is 14.3 Å². The first-order valence-corrected chi connectivity index (χ1v) is 6.84. The Morgan fingerprint density at radius 1 is 1.00 bits per heavy atom. The van der Waals surface area contributed by atoms with Crippen molar-refractivity contribution < 1.29 is 38.9 Å². The van der Waals surface area contributed by atoms with Gasteiger partial charge in [0.05, 0.1) is 29.9 Å². The van der Waals surface area contributed by atoms with Crippen LogP contribution in [0.4, 0.5) is 0 Å². The van der Waals surface area contributed by atoms with Crippen molar-refractivity contribution >= 4 is 23.9 Å². The van der Waals surface area contributed by atoms with Crippen LogP contribution in [0.1, 0.15) is 44.4 Å². The van der Waals surface area contributed by atoms with Crippen LogP contribution >= 0.6 is 0 Å². The fraction of sp³-hybridized carbons (Fsp3) is 0.250. The number of carbonyl (C=O) groups is 4. The van der Waals surface area contributed by atoms with Gasteiger partial charge in [0.2, 0.25) is 0 Å². The van der Waals surface area contributed by atoms with Gasteiger partial charge in [-0.25, -0.2) is 19.2 Å². The minimum atomic E-state index is -1.46. The summed E-state index contributed by atoms with van der Waals surface area (Å²) in [4.78, 5) is 44.9. The Bertz CT molecular complexity index is 689. The SMILES string of the molecule is C=C(C)C(=O)OCCCOC(=O)c1ccc(C(=O)O)c(C(=O)O)c1. The van der Waals surface area contributed by atoms with Crippen LogP contribution < -0.4 is 0 Å². The molecule has 0 bridgehead atoms. The molecule has 0 aromatic heterocycles. The number of hydrogen-bond acceptors (Lipinski definition) is 6. The molecule has 8 heteroatoms. The molecule has 1 aromatic carbocycles. The lowest BCUT2D eigenvalue weighted by Crippen LogP contribution is -2.13. The summed E-state index contributed by atoms with van der Waals surface area (Å²) in [5.74, 6) is -4.22. The molecule has 0 aliphatic rings. The standard InChI is InChI=1S/C16H16O8/c1-9(2)15(21)23-6-3-7-24-16(22)10-4-5-11(13(17)18)12(8-10)14(19)20/h4-5,8H,1,3,6-7H2,2H3,(H,17,18)(H,19,20). The van der Waals surface area contributed by atoms with E-state index in [1.54, 1.807) is 0 Å². The molecule has 0 fully saturated rings. The predicted octanol–water partition coefficient (Wildman–Crippen LogP) is 1.75. The molecule has 0 saturated carbocycles. The zero-order chi connectivity index (χ0) is 18.3. The Morgan fingerprint density at radius 3 is 2.12 bits per heavy atom. The van der Waals surface area contributed by atoms with Crippen LogP contribution in [0.2, 0.25) is 0 Å². The van der Waals surface area contributed by atoms with Gasteiger partial charge in [0.15, 0.2) is 0 Å². The normalized spacial score (nSPS) is 9.88. The Morgan fingerprint density at radius 2 is 1.58 bits per heavy atom. The van der Waals surface area contributed by atoms with Crippen molar-refractivity contribution in [3.63, 3.8) is 0 Å². The first-order chi connectivity index (χ1) is 11.2. The molecule has 0 radical (unpaired) electrons. The smallest absolute Gasteiger partial charge is 0.338 e. The largest absolute Gasteiger partial charge is 0.478 e. The summed E-state index contributed by atoms with van der Waals surface area (Å²) >= 11 is 0. The molecule has 8 nitrogen and oxygen atoms in total. The number of ether oxygens (including phenoxy) is 2. The molecule has 0 spiro atoms. The lowest BCUT2D eigenvalue weighted by atomic mass is 10.0. The van der Waals surface area contributed by atoms with Gasteiger partial charge in [0, 0.05) is 12.0 Å². The van der Waals surface area contributed by atoms with Crippen molar-refractivity contribution in [1.29, 1.82) is 0 Å². The molecule has 0 atom stereocenters. The Labute approximate surface area is 137 Å². The average molecular weight is 336 g/mol. The molecule has 2 N–H and O–H groups in total. The van der Waals surface area contributed by atoms with Gasteiger partial charge in [-0.15, -0.1) is 0 Å². The van der Waals surface area contributed by atoms with Gasteiger partial charge in [0.1, 0.15) is 0 Å². The average Bonchev–Trinajstić information content (AvgIpc) is 2.53. The quantitative estimate of drug-likeness (QED) is 0.417. The van der Waals surface area contributed by atoms with Crippen molar-refractivity contribution in [2.75, 3.05) is 13.2 Å². The Hall–Kier alpha value is -3.16. The van der Waals surface area contributed by atoms with Gasteiger partial charge in [-0.1, -0.05) is 6.58 Å². The van der Waals surface area contributed by atoms with E-state index in [-0.39, 0.29) is 30.8 Å². The molecule has 0 unspecified atom stereocenters. The van der Waals surface area contributed by atoms with E-state index in [2.05, 4.69) is 6.58 Å². The molecule has 24 heavy (non-hydrogen) atoms. The topological polar surface area (TPSA) is 127 Å². The number of carboxylic acids is 2. The molecule has 0 saturated heterocycles. The Kier molecular flexibility index (Phi) is 6.66. The zero-order valence-corrected chi connectivity index (χ0v) is 12.9. The fourth-order valence-corrected chi connectivity index (χ4v) is 1.63. The molecule has 0 aliphatic carbocycles. The summed E-state index contributed by atoms with van der Waals surface area (Å²) in [7, 11) is 0. The molecular weight excluding hydrogens is 320 g/mol. The first kappa shape index (κ1) is 18.9. The van der Waals surface area contributed by atoms with E-state index in [1.165, 1.54) is 13.0 Å². The van der Waals surface area contributed by atoms with Crippen LogP contribution in [-0.4, -0.2) is 47.3 Å². The van der Waals surface area contributed by atoms with Gasteiger partial charge in [0.25, 0.3) is 0 Å². The lowest BCUT2D eigenvalue weighted by Gasteiger charge is -2.08. The second kappa shape index (κ2) is 8.47. The highest BCUT2D eigenvalue weighted by molar-refractivity contribution is 6.03. The van der Waals surface area contributed by atoms with E-state index in [9.17, 15) is 19.2 Å². The number of benzene rings is 1. The monoisotopic (exact) mass is 336 g/mol. The summed E-state index contributed by atoms with van der Waals surface area (Å²) in [5, 5.41) is 17.9. The van der Waals surface area contributed by atoms with Crippen molar-refractivity contribution in [2.24, 2.45) is 0 Å². The molecule has 0 amide bonds. The lowest BCUT2D eigenvalue weighted by molar-refractivity contribution is -0.139. The number of esters is 2. The summed E-state index contributed by atoms with van der Waals surface area (Å²) in [5.41, 5.74) is -0.763. The van der Waals surface area contributed by atoms with E-state index in [0.29, 0.717) is 0 Å². The summed E-state index contributed by atoms with van der Waals surface area (Å²) in [6.07, 6.45) is 0.254. The summed E-state index contributed by atoms with van der Waals surface area (Å²) < 4.78 is 9.72. The second-order valence-corrected chi connectivity index (χ2v) is 4.78. The van der Waals surface area contributed by atoms with Crippen molar-refractivity contribution in [3.05, 3.63) is 47.0 Å². The number of carboxylic acid groups (broad SMARTS) is 2. The minimum Gasteiger partial charge on any atom is -0.478 e. The zero-order valence-electron chi connectivity index (χ0n) is 12.9. The van der Waals surface area contributed by atoms with E-state index in [0.717, 1.165) is 12.1 Å². The molecule has 1 aromatic rings. The van der Waals surface area contributed by atoms with Crippen molar-refractivity contribution in [2.45, 2.75) is 13.3 Å². The molecule has 1 rings (SSSR count). The van der Waals surface area contributed by atoms with Crippen LogP contribution in [0, 0.1) is 0 Å². The summed E-state index contributed by atoms with van der Waals surface area (Å²) in [6, 6.07) is 3.13. The van der Waals surface area contributed by atoms with Gasteiger partial charge in [-0.2, -0.15) is 0 Å². The number of carbonyl (C=O) groups excluding carboxylic acids is 2. The maximum atomic E-state index is 11.8. The fourth-order valence-electron chi connectivity index (χ4n) is 1.63. The van der Waals surface area contributed by atoms with Gasteiger partial charge >= 0.3 is 23.9 Å². The Balaban J connectivity index is 2.61. The number of rotatable bonds is 8. The molecule has 128 valence electrons. The summed E-state index contributed by atoms with van der Waals surface area (Å²) in [6.45, 7) is 4.91. The van der Waals surface area contributed by atoms with Crippen LogP contribution in [0.15, 0.2) is 30.4 Å². The van der Waals surface area contributed by atoms with E-state index < -0.39 is 35.0 Å². The second-order valence-electron chi connectivity index (χ2n) is 4.78. The third-order valence-electron chi connectivity index (χ3n) is 2.82. The molecular formula is C16H16O8. The van der Waals surface area contributed by atoms with Crippen molar-refractivity contribution in [3.8, 4) is 0 Å². The van der Waals surface area contributed by atoms with E-state index >= 15 is 0 Å². The maximum Gasteiger partial charge on any atom is 0.338 e. The molecule has 0 aliphatic heterocycles. The van der Waals surface area contributed by atoms with Crippen molar-refractivity contribution in [1.82, 2.24) is 0 Å². The highest BCUT2D eigenvalue weighted by Gasteiger charge is 2.19. The molecule has 0 heterocycles. The van der Waals surface area contributed by atoms with Gasteiger partial charge in [-0.05, 0) is 25.1 Å². The number of hydrogen-bond donors (Lipinski definition) is 2. The van der Waals surface area contributed by atoms with E-state index in [4.69, 9.17) is 19.7 Å². The third kappa shape index (κ3) is 5.24. The minimum absolute atomic E-state index is 0.0390. The highest BCUT2D eigenvalue weighted by atomic mass is 16.5. The van der Waals surface area contributed by atoms with Gasteiger partial charge in [-0.3, -0.25) is 0 Å². The van der Waals surface area contributed by atoms with Crippen LogP contribution in [0.25, 0.3) is 0 Å². The van der Waals surface area contributed by atoms with E-state index in [1.807, 2.05) is 0 Å². The number of aromatic carboxylic acids is 2.